The first kappa shape index (κ1) is 23.1. The van der Waals surface area contributed by atoms with Crippen LogP contribution in [0.15, 0.2) is 69.4 Å². The number of carbonyl (C=O) groups is 2. The van der Waals surface area contributed by atoms with Crippen LogP contribution in [0.25, 0.3) is 10.6 Å². The van der Waals surface area contributed by atoms with Gasteiger partial charge in [0, 0.05) is 19.0 Å². The summed E-state index contributed by atoms with van der Waals surface area (Å²) in [7, 11) is 3.56. The molecule has 35 heavy (non-hydrogen) atoms. The Labute approximate surface area is 209 Å². The van der Waals surface area contributed by atoms with E-state index >= 15 is 0 Å². The summed E-state index contributed by atoms with van der Waals surface area (Å²) in [6.07, 6.45) is -0.170. The molecule has 0 radical (unpaired) electrons. The molecule has 0 saturated carbocycles. The second-order valence-electron chi connectivity index (χ2n) is 7.89. The highest BCUT2D eigenvalue weighted by Gasteiger charge is 2.35. The van der Waals surface area contributed by atoms with Gasteiger partial charge in [-0.15, -0.1) is 11.3 Å². The maximum atomic E-state index is 13.6. The van der Waals surface area contributed by atoms with E-state index in [0.717, 1.165) is 15.6 Å². The molecule has 0 spiro atoms. The average Bonchev–Trinajstić information content (AvgIpc) is 3.46. The summed E-state index contributed by atoms with van der Waals surface area (Å²) in [5.41, 5.74) is 1.91. The van der Waals surface area contributed by atoms with Gasteiger partial charge in [0.15, 0.2) is 0 Å². The minimum Gasteiger partial charge on any atom is -0.466 e. The molecule has 3 aromatic rings. The summed E-state index contributed by atoms with van der Waals surface area (Å²) in [5, 5.41) is 6.55. The molecule has 0 fully saturated rings. The van der Waals surface area contributed by atoms with E-state index in [4.69, 9.17) is 4.74 Å². The van der Waals surface area contributed by atoms with Crippen LogP contribution in [0, 0.1) is 0 Å². The highest BCUT2D eigenvalue weighted by molar-refractivity contribution is 8.08. The maximum Gasteiger partial charge on any atom is 0.311 e. The molecule has 0 atom stereocenters. The summed E-state index contributed by atoms with van der Waals surface area (Å²) in [6, 6.07) is 16.9. The molecule has 0 N–H and O–H groups in total. The second kappa shape index (κ2) is 9.20. The van der Waals surface area contributed by atoms with E-state index < -0.39 is 5.97 Å². The van der Waals surface area contributed by atoms with Gasteiger partial charge in [-0.25, -0.2) is 0 Å². The lowest BCUT2D eigenvalue weighted by Gasteiger charge is -2.11. The number of thiazole rings is 1. The zero-order valence-corrected chi connectivity index (χ0v) is 21.0. The van der Waals surface area contributed by atoms with Gasteiger partial charge in [-0.05, 0) is 31.2 Å². The van der Waals surface area contributed by atoms with Crippen molar-refractivity contribution < 1.29 is 14.3 Å². The lowest BCUT2D eigenvalue weighted by atomic mass is 10.1. The van der Waals surface area contributed by atoms with Crippen molar-refractivity contribution >= 4 is 62.7 Å². The Balaban J connectivity index is 1.70. The lowest BCUT2D eigenvalue weighted by Crippen LogP contribution is -2.34. The summed E-state index contributed by atoms with van der Waals surface area (Å²) < 4.78 is 7.56. The Bertz CT molecular complexity index is 1560. The maximum absolute atomic E-state index is 13.6. The molecule has 8 nitrogen and oxygen atoms in total. The van der Waals surface area contributed by atoms with Crippen LogP contribution in [0.1, 0.15) is 13.3 Å². The third-order valence-corrected chi connectivity index (χ3v) is 8.29. The summed E-state index contributed by atoms with van der Waals surface area (Å²) in [5.74, 6) is -0.872. The van der Waals surface area contributed by atoms with Gasteiger partial charge < -0.3 is 14.2 Å². The Morgan fingerprint density at radius 2 is 1.74 bits per heavy atom. The molecule has 5 rings (SSSR count). The van der Waals surface area contributed by atoms with Gasteiger partial charge in [0.1, 0.15) is 14.2 Å². The number of esters is 1. The van der Waals surface area contributed by atoms with Crippen LogP contribution in [0.5, 0.6) is 0 Å². The number of ether oxygens (including phenoxy) is 1. The van der Waals surface area contributed by atoms with E-state index in [9.17, 15) is 14.4 Å². The summed E-state index contributed by atoms with van der Waals surface area (Å²) in [6.45, 7) is 1.95. The van der Waals surface area contributed by atoms with Crippen LogP contribution in [0.2, 0.25) is 0 Å². The van der Waals surface area contributed by atoms with E-state index in [0.29, 0.717) is 14.9 Å². The van der Waals surface area contributed by atoms with Gasteiger partial charge in [0.2, 0.25) is 0 Å². The minimum atomic E-state index is -0.482. The normalized spacial score (nSPS) is 18.1. The first-order chi connectivity index (χ1) is 16.9. The molecule has 0 aliphatic carbocycles. The molecule has 3 heterocycles. The first-order valence-corrected chi connectivity index (χ1v) is 12.6. The number of nitrogens with zero attached hydrogens (tertiary/aromatic N) is 4. The molecule has 178 valence electrons. The molecule has 0 unspecified atom stereocenters. The highest BCUT2D eigenvalue weighted by Crippen LogP contribution is 2.44. The number of hydrogen-bond acceptors (Lipinski definition) is 8. The fraction of sp³-hybridized carbons (Fsp3) is 0.200. The molecule has 1 amide bonds. The predicted octanol–water partition coefficient (Wildman–Crippen LogP) is 2.26. The van der Waals surface area contributed by atoms with Crippen molar-refractivity contribution in [3.8, 4) is 0 Å². The van der Waals surface area contributed by atoms with Gasteiger partial charge in [0.05, 0.1) is 35.7 Å². The molecule has 2 aromatic carbocycles. The number of aromatic nitrogens is 1. The molecule has 10 heteroatoms. The molecule has 1 aromatic heterocycles. The van der Waals surface area contributed by atoms with Gasteiger partial charge in [-0.1, -0.05) is 42.1 Å². The van der Waals surface area contributed by atoms with Crippen molar-refractivity contribution in [3.63, 3.8) is 0 Å². The van der Waals surface area contributed by atoms with E-state index in [1.807, 2.05) is 54.4 Å². The molecular weight excluding hydrogens is 484 g/mol. The fourth-order valence-corrected chi connectivity index (χ4v) is 6.48. The predicted molar refractivity (Wildman–Crippen MR) is 139 cm³/mol. The standard InChI is InChI=1S/C25H22N4O4S2/c1-4-33-19(30)14-16-20(22(31)29(26-16)15-10-6-5-7-11-15)24-28(3)23(32)21(35-24)25-27(2)17-12-8-9-13-18(17)34-25/h5-13H,4,14H2,1-3H3/b24-20+,25-21-. The fourth-order valence-electron chi connectivity index (χ4n) is 3.99. The van der Waals surface area contributed by atoms with Crippen LogP contribution in [0.3, 0.4) is 0 Å². The van der Waals surface area contributed by atoms with Crippen molar-refractivity contribution in [1.82, 2.24) is 4.57 Å². The highest BCUT2D eigenvalue weighted by atomic mass is 32.2. The van der Waals surface area contributed by atoms with Gasteiger partial charge in [-0.3, -0.25) is 14.4 Å². The minimum absolute atomic E-state index is 0.170. The van der Waals surface area contributed by atoms with Crippen LogP contribution in [0.4, 0.5) is 11.4 Å². The molecular formula is C25H22N4O4S2. The third kappa shape index (κ3) is 3.98. The van der Waals surface area contributed by atoms with E-state index in [1.54, 1.807) is 26.1 Å². The first-order valence-electron chi connectivity index (χ1n) is 11.0. The number of benzene rings is 2. The largest absolute Gasteiger partial charge is 0.466 e. The van der Waals surface area contributed by atoms with Gasteiger partial charge in [0.25, 0.3) is 11.5 Å². The molecule has 2 aliphatic heterocycles. The second-order valence-corrected chi connectivity index (χ2v) is 9.92. The smallest absolute Gasteiger partial charge is 0.311 e. The molecule has 0 saturated heterocycles. The number of carbonyl (C=O) groups excluding carboxylic acids is 2. The number of rotatable bonds is 4. The van der Waals surface area contributed by atoms with Gasteiger partial charge >= 0.3 is 5.97 Å². The van der Waals surface area contributed by atoms with E-state index in [1.165, 1.54) is 32.7 Å². The summed E-state index contributed by atoms with van der Waals surface area (Å²) in [4.78, 5) is 42.3. The van der Waals surface area contributed by atoms with Crippen LogP contribution < -0.4 is 24.7 Å². The number of hydrogen-bond donors (Lipinski definition) is 0. The van der Waals surface area contributed by atoms with Crippen molar-refractivity contribution in [3.05, 3.63) is 74.1 Å². The number of hydrazone groups is 1. The van der Waals surface area contributed by atoms with Crippen LogP contribution in [-0.4, -0.2) is 35.8 Å². The Kier molecular flexibility index (Phi) is 6.08. The molecule has 0 bridgehead atoms. The Hall–Kier alpha value is -3.63. The Morgan fingerprint density at radius 3 is 2.46 bits per heavy atom. The summed E-state index contributed by atoms with van der Waals surface area (Å²) >= 11 is 2.76. The number of anilines is 2. The monoisotopic (exact) mass is 506 g/mol. The average molecular weight is 507 g/mol. The lowest BCUT2D eigenvalue weighted by molar-refractivity contribution is -0.141. The van der Waals surface area contributed by atoms with E-state index in [2.05, 4.69) is 5.10 Å². The van der Waals surface area contributed by atoms with Gasteiger partial charge in [-0.2, -0.15) is 10.1 Å². The Morgan fingerprint density at radius 1 is 1.03 bits per heavy atom. The van der Waals surface area contributed by atoms with Crippen LogP contribution in [-0.2, 0) is 21.4 Å². The number of para-hydroxylation sites is 2. The van der Waals surface area contributed by atoms with E-state index in [-0.39, 0.29) is 35.8 Å². The zero-order valence-electron chi connectivity index (χ0n) is 19.3. The molecule has 2 aliphatic rings. The third-order valence-electron chi connectivity index (χ3n) is 5.68. The number of amides is 1. The number of fused-ring (bicyclic) bond motifs is 1. The quantitative estimate of drug-likeness (QED) is 0.505. The zero-order chi connectivity index (χ0) is 24.7. The van der Waals surface area contributed by atoms with Crippen LogP contribution >= 0.6 is 23.1 Å². The SMILES string of the molecule is CCOC(=O)CC1=NN(c2ccccc2)C(=O)/C1=c1/s/c(=C2\Sc3ccccc3N2C)c(=O)n1C. The van der Waals surface area contributed by atoms with Crippen molar-refractivity contribution in [2.24, 2.45) is 12.1 Å². The van der Waals surface area contributed by atoms with Crippen molar-refractivity contribution in [1.29, 1.82) is 0 Å². The van der Waals surface area contributed by atoms with Crippen molar-refractivity contribution in [2.75, 3.05) is 23.6 Å². The van der Waals surface area contributed by atoms with Crippen molar-refractivity contribution in [2.45, 2.75) is 18.2 Å². The topological polar surface area (TPSA) is 84.2 Å². The number of thioether (sulfide) groups is 1.